The van der Waals surface area contributed by atoms with Gasteiger partial charge in [-0.15, -0.1) is 11.6 Å². The molecule has 0 heterocycles. The topological polar surface area (TPSA) is 78.7 Å². The molecular weight excluding hydrogens is 293 g/mol. The highest BCUT2D eigenvalue weighted by Gasteiger charge is 2.35. The summed E-state index contributed by atoms with van der Waals surface area (Å²) in [7, 11) is -3.48. The van der Waals surface area contributed by atoms with Crippen LogP contribution in [0.1, 0.15) is 24.5 Å². The zero-order valence-electron chi connectivity index (χ0n) is 10.6. The number of halogens is 1. The molecule has 1 atom stereocenters. The lowest BCUT2D eigenvalue weighted by atomic mass is 10.2. The molecular formula is C11H15ClNO5P. The van der Waals surface area contributed by atoms with Gasteiger partial charge < -0.3 is 9.05 Å². The van der Waals surface area contributed by atoms with E-state index < -0.39 is 17.6 Å². The number of hydrogen-bond donors (Lipinski definition) is 0. The number of hydrogen-bond acceptors (Lipinski definition) is 5. The van der Waals surface area contributed by atoms with Crippen LogP contribution in [0.25, 0.3) is 0 Å². The Morgan fingerprint density at radius 3 is 2.11 bits per heavy atom. The Morgan fingerprint density at radius 1 is 1.26 bits per heavy atom. The van der Waals surface area contributed by atoms with Gasteiger partial charge in [-0.25, -0.2) is 0 Å². The van der Waals surface area contributed by atoms with Crippen LogP contribution in [0.2, 0.25) is 0 Å². The summed E-state index contributed by atoms with van der Waals surface area (Å²) in [5, 5.41) is 9.56. The molecule has 1 rings (SSSR count). The van der Waals surface area contributed by atoms with Gasteiger partial charge in [0.1, 0.15) is 0 Å². The molecule has 0 saturated carbocycles. The first-order valence-electron chi connectivity index (χ1n) is 5.71. The summed E-state index contributed by atoms with van der Waals surface area (Å²) >= 11 is 6.12. The fourth-order valence-corrected chi connectivity index (χ4v) is 3.54. The van der Waals surface area contributed by atoms with Gasteiger partial charge >= 0.3 is 7.60 Å². The zero-order chi connectivity index (χ0) is 14.5. The van der Waals surface area contributed by atoms with Crippen molar-refractivity contribution in [3.8, 4) is 0 Å². The van der Waals surface area contributed by atoms with Crippen LogP contribution >= 0.6 is 19.2 Å². The van der Waals surface area contributed by atoms with Crippen LogP contribution in [-0.2, 0) is 13.6 Å². The predicted octanol–water partition coefficient (Wildman–Crippen LogP) is 4.10. The maximum atomic E-state index is 12.4. The second kappa shape index (κ2) is 7.01. The van der Waals surface area contributed by atoms with Gasteiger partial charge in [0.25, 0.3) is 5.69 Å². The number of nitrogens with zero attached hydrogens (tertiary/aromatic N) is 1. The van der Waals surface area contributed by atoms with Crippen LogP contribution in [0, 0.1) is 10.1 Å². The van der Waals surface area contributed by atoms with Gasteiger partial charge in [-0.3, -0.25) is 14.7 Å². The summed E-state index contributed by atoms with van der Waals surface area (Å²) in [6.45, 7) is 3.77. The summed E-state index contributed by atoms with van der Waals surface area (Å²) in [6, 6.07) is 5.49. The molecule has 19 heavy (non-hydrogen) atoms. The molecule has 0 aliphatic rings. The molecule has 0 bridgehead atoms. The van der Waals surface area contributed by atoms with E-state index in [1.807, 2.05) is 0 Å². The van der Waals surface area contributed by atoms with Crippen molar-refractivity contribution in [2.24, 2.45) is 0 Å². The Labute approximate surface area is 116 Å². The Kier molecular flexibility index (Phi) is 5.94. The third-order valence-electron chi connectivity index (χ3n) is 2.27. The van der Waals surface area contributed by atoms with Gasteiger partial charge in [0.05, 0.1) is 18.1 Å². The van der Waals surface area contributed by atoms with Gasteiger partial charge in [-0.1, -0.05) is 12.1 Å². The molecule has 106 valence electrons. The van der Waals surface area contributed by atoms with Crippen molar-refractivity contribution in [3.63, 3.8) is 0 Å². The number of non-ortho nitro benzene ring substituents is 1. The van der Waals surface area contributed by atoms with E-state index in [9.17, 15) is 14.7 Å². The van der Waals surface area contributed by atoms with Crippen molar-refractivity contribution in [2.75, 3.05) is 13.2 Å². The standard InChI is InChI=1S/C11H15ClNO5P/c1-3-17-19(16,18-4-2)11(12)9-5-7-10(8-6-9)13(14)15/h5-8,11H,3-4H2,1-2H3. The van der Waals surface area contributed by atoms with E-state index in [4.69, 9.17) is 20.6 Å². The van der Waals surface area contributed by atoms with E-state index in [1.165, 1.54) is 24.3 Å². The Hall–Kier alpha value is -0.940. The first kappa shape index (κ1) is 16.1. The van der Waals surface area contributed by atoms with Crippen molar-refractivity contribution in [1.29, 1.82) is 0 Å². The summed E-state index contributed by atoms with van der Waals surface area (Å²) in [6.07, 6.45) is 0. The van der Waals surface area contributed by atoms with Gasteiger partial charge in [-0.2, -0.15) is 0 Å². The van der Waals surface area contributed by atoms with E-state index in [-0.39, 0.29) is 18.9 Å². The van der Waals surface area contributed by atoms with Crippen LogP contribution in [0.15, 0.2) is 24.3 Å². The molecule has 0 radical (unpaired) electrons. The molecule has 1 aromatic carbocycles. The zero-order valence-corrected chi connectivity index (χ0v) is 12.3. The van der Waals surface area contributed by atoms with Gasteiger partial charge in [0, 0.05) is 12.1 Å². The molecule has 1 unspecified atom stereocenters. The van der Waals surface area contributed by atoms with E-state index in [0.717, 1.165) is 0 Å². The molecule has 0 fully saturated rings. The molecule has 0 saturated heterocycles. The predicted molar refractivity (Wildman–Crippen MR) is 72.5 cm³/mol. The summed E-state index contributed by atoms with van der Waals surface area (Å²) < 4.78 is 22.7. The lowest BCUT2D eigenvalue weighted by Crippen LogP contribution is -2.02. The molecule has 0 aromatic heterocycles. The van der Waals surface area contributed by atoms with Crippen LogP contribution in [-0.4, -0.2) is 18.1 Å². The second-order valence-corrected chi connectivity index (χ2v) is 6.41. The largest absolute Gasteiger partial charge is 0.352 e. The summed E-state index contributed by atoms with van der Waals surface area (Å²) in [4.78, 5) is 10.0. The second-order valence-electron chi connectivity index (χ2n) is 3.56. The smallest absolute Gasteiger partial charge is 0.308 e. The molecule has 8 heteroatoms. The van der Waals surface area contributed by atoms with Gasteiger partial charge in [-0.05, 0) is 19.4 Å². The lowest BCUT2D eigenvalue weighted by molar-refractivity contribution is -0.384. The van der Waals surface area contributed by atoms with E-state index in [2.05, 4.69) is 0 Å². The van der Waals surface area contributed by atoms with Gasteiger partial charge in [0.2, 0.25) is 0 Å². The molecule has 1 aromatic rings. The number of nitro benzene ring substituents is 1. The minimum Gasteiger partial charge on any atom is -0.308 e. The number of benzene rings is 1. The average molecular weight is 308 g/mol. The van der Waals surface area contributed by atoms with E-state index in [0.29, 0.717) is 5.56 Å². The Bertz CT molecular complexity index is 468. The SMILES string of the molecule is CCOP(=O)(OCC)C(Cl)c1ccc([N+](=O)[O-])cc1. The first-order valence-corrected chi connectivity index (χ1v) is 7.76. The van der Waals surface area contributed by atoms with Gasteiger partial charge in [0.15, 0.2) is 5.12 Å². The maximum absolute atomic E-state index is 12.4. The van der Waals surface area contributed by atoms with Crippen LogP contribution in [0.3, 0.4) is 0 Å². The Balaban J connectivity index is 2.99. The quantitative estimate of drug-likeness (QED) is 0.328. The highest BCUT2D eigenvalue weighted by Crippen LogP contribution is 2.63. The number of rotatable bonds is 7. The third kappa shape index (κ3) is 4.01. The molecule has 0 aliphatic heterocycles. The van der Waals surface area contributed by atoms with Crippen molar-refractivity contribution >= 4 is 24.9 Å². The maximum Gasteiger partial charge on any atom is 0.352 e. The highest BCUT2D eigenvalue weighted by molar-refractivity contribution is 7.56. The molecule has 6 nitrogen and oxygen atoms in total. The first-order chi connectivity index (χ1) is 8.94. The number of nitro groups is 1. The normalized spacial score (nSPS) is 13.2. The van der Waals surface area contributed by atoms with Crippen LogP contribution in [0.4, 0.5) is 5.69 Å². The summed E-state index contributed by atoms with van der Waals surface area (Å²) in [5.74, 6) is 0. The molecule has 0 aliphatic carbocycles. The fraction of sp³-hybridized carbons (Fsp3) is 0.455. The molecule has 0 spiro atoms. The average Bonchev–Trinajstić information content (AvgIpc) is 2.38. The van der Waals surface area contributed by atoms with Crippen molar-refractivity contribution in [1.82, 2.24) is 0 Å². The minimum atomic E-state index is -3.48. The summed E-state index contributed by atoms with van der Waals surface area (Å²) in [5.41, 5.74) is 0.396. The lowest BCUT2D eigenvalue weighted by Gasteiger charge is -2.21. The molecule has 0 amide bonds. The third-order valence-corrected chi connectivity index (χ3v) is 5.33. The monoisotopic (exact) mass is 307 g/mol. The Morgan fingerprint density at radius 2 is 1.74 bits per heavy atom. The number of alkyl halides is 1. The van der Waals surface area contributed by atoms with E-state index >= 15 is 0 Å². The van der Waals surface area contributed by atoms with E-state index in [1.54, 1.807) is 13.8 Å². The molecule has 0 N–H and O–H groups in total. The van der Waals surface area contributed by atoms with Crippen molar-refractivity contribution in [2.45, 2.75) is 19.0 Å². The van der Waals surface area contributed by atoms with Crippen LogP contribution < -0.4 is 0 Å². The fourth-order valence-electron chi connectivity index (χ4n) is 1.47. The van der Waals surface area contributed by atoms with Crippen molar-refractivity contribution < 1.29 is 18.5 Å². The van der Waals surface area contributed by atoms with Crippen molar-refractivity contribution in [3.05, 3.63) is 39.9 Å². The van der Waals surface area contributed by atoms with Crippen LogP contribution in [0.5, 0.6) is 0 Å². The minimum absolute atomic E-state index is 0.0599. The highest BCUT2D eigenvalue weighted by atomic mass is 35.5.